The van der Waals surface area contributed by atoms with Gasteiger partial charge in [0.15, 0.2) is 5.78 Å². The van der Waals surface area contributed by atoms with Crippen molar-refractivity contribution in [1.82, 2.24) is 0 Å². The van der Waals surface area contributed by atoms with Crippen LogP contribution in [0.1, 0.15) is 26.7 Å². The van der Waals surface area contributed by atoms with Crippen LogP contribution in [0.4, 0.5) is 0 Å². The average Bonchev–Trinajstić information content (AvgIpc) is 2.32. The Kier molecular flexibility index (Phi) is 2.69. The molecule has 1 unspecified atom stereocenters. The van der Waals surface area contributed by atoms with Gasteiger partial charge in [0.05, 0.1) is 6.61 Å². The summed E-state index contributed by atoms with van der Waals surface area (Å²) in [6.45, 7) is 4.68. The van der Waals surface area contributed by atoms with Crippen molar-refractivity contribution < 1.29 is 9.53 Å². The Hall–Kier alpha value is -0.790. The van der Waals surface area contributed by atoms with Gasteiger partial charge in [-0.2, -0.15) is 0 Å². The first kappa shape index (κ1) is 8.31. The number of carbonyl (C=O) groups is 1. The molecule has 0 aromatic heterocycles. The minimum Gasteiger partial charge on any atom is -0.498 e. The van der Waals surface area contributed by atoms with Crippen molar-refractivity contribution in [2.75, 3.05) is 6.61 Å². The smallest absolute Gasteiger partial charge is 0.159 e. The van der Waals surface area contributed by atoms with Gasteiger partial charge >= 0.3 is 0 Å². The summed E-state index contributed by atoms with van der Waals surface area (Å²) >= 11 is 0. The maximum Gasteiger partial charge on any atom is 0.159 e. The van der Waals surface area contributed by atoms with Crippen LogP contribution < -0.4 is 0 Å². The zero-order valence-corrected chi connectivity index (χ0v) is 7.09. The minimum absolute atomic E-state index is 0.209. The molecule has 11 heavy (non-hydrogen) atoms. The van der Waals surface area contributed by atoms with E-state index in [0.29, 0.717) is 18.9 Å². The van der Waals surface area contributed by atoms with Gasteiger partial charge in [-0.05, 0) is 13.3 Å². The van der Waals surface area contributed by atoms with Crippen molar-refractivity contribution in [3.05, 3.63) is 11.8 Å². The lowest BCUT2D eigenvalue weighted by atomic mass is 10.1. The SMILES string of the molecule is CCOC1=CC(=O)CC1CC. The molecule has 0 saturated carbocycles. The molecule has 0 fully saturated rings. The topological polar surface area (TPSA) is 26.3 Å². The fourth-order valence-electron chi connectivity index (χ4n) is 1.35. The van der Waals surface area contributed by atoms with Crippen LogP contribution in [0.15, 0.2) is 11.8 Å². The summed E-state index contributed by atoms with van der Waals surface area (Å²) in [7, 11) is 0. The van der Waals surface area contributed by atoms with E-state index in [2.05, 4.69) is 6.92 Å². The fourth-order valence-corrected chi connectivity index (χ4v) is 1.35. The monoisotopic (exact) mass is 154 g/mol. The van der Waals surface area contributed by atoms with Gasteiger partial charge in [0.2, 0.25) is 0 Å². The van der Waals surface area contributed by atoms with Crippen LogP contribution in [-0.4, -0.2) is 12.4 Å². The normalized spacial score (nSPS) is 23.6. The molecule has 62 valence electrons. The molecule has 0 aromatic carbocycles. The Morgan fingerprint density at radius 2 is 2.36 bits per heavy atom. The van der Waals surface area contributed by atoms with Crippen molar-refractivity contribution in [2.45, 2.75) is 26.7 Å². The molecule has 0 radical (unpaired) electrons. The molecule has 0 amide bonds. The fraction of sp³-hybridized carbons (Fsp3) is 0.667. The maximum absolute atomic E-state index is 10.9. The number of rotatable bonds is 3. The van der Waals surface area contributed by atoms with Gasteiger partial charge in [-0.3, -0.25) is 4.79 Å². The van der Waals surface area contributed by atoms with Crippen molar-refractivity contribution in [1.29, 1.82) is 0 Å². The van der Waals surface area contributed by atoms with Gasteiger partial charge in [0, 0.05) is 18.4 Å². The highest BCUT2D eigenvalue weighted by Gasteiger charge is 2.23. The van der Waals surface area contributed by atoms with Gasteiger partial charge in [-0.1, -0.05) is 6.92 Å². The number of allylic oxidation sites excluding steroid dienone is 2. The zero-order valence-electron chi connectivity index (χ0n) is 7.09. The highest BCUT2D eigenvalue weighted by Crippen LogP contribution is 2.26. The summed E-state index contributed by atoms with van der Waals surface area (Å²) < 4.78 is 5.32. The zero-order chi connectivity index (χ0) is 8.27. The second-order valence-corrected chi connectivity index (χ2v) is 2.76. The molecule has 1 atom stereocenters. The van der Waals surface area contributed by atoms with Crippen molar-refractivity contribution in [3.63, 3.8) is 0 Å². The van der Waals surface area contributed by atoms with Crippen LogP contribution in [0.5, 0.6) is 0 Å². The Morgan fingerprint density at radius 1 is 1.64 bits per heavy atom. The average molecular weight is 154 g/mol. The summed E-state index contributed by atoms with van der Waals surface area (Å²) in [5.41, 5.74) is 0. The second kappa shape index (κ2) is 3.56. The molecule has 1 aliphatic carbocycles. The quantitative estimate of drug-likeness (QED) is 0.620. The van der Waals surface area contributed by atoms with Crippen molar-refractivity contribution >= 4 is 5.78 Å². The second-order valence-electron chi connectivity index (χ2n) is 2.76. The predicted molar refractivity (Wildman–Crippen MR) is 43.1 cm³/mol. The Balaban J connectivity index is 2.58. The number of hydrogen-bond acceptors (Lipinski definition) is 2. The van der Waals surface area contributed by atoms with E-state index in [4.69, 9.17) is 4.74 Å². The standard InChI is InChI=1S/C9H14O2/c1-3-7-5-8(10)6-9(7)11-4-2/h6-7H,3-5H2,1-2H3. The summed E-state index contributed by atoms with van der Waals surface area (Å²) in [5.74, 6) is 1.45. The van der Waals surface area contributed by atoms with Gasteiger partial charge in [0.1, 0.15) is 5.76 Å². The Bertz CT molecular complexity index is 182. The van der Waals surface area contributed by atoms with E-state index in [9.17, 15) is 4.79 Å². The molecule has 2 heteroatoms. The van der Waals surface area contributed by atoms with Crippen LogP contribution >= 0.6 is 0 Å². The van der Waals surface area contributed by atoms with Crippen LogP contribution in [0.25, 0.3) is 0 Å². The Morgan fingerprint density at radius 3 is 2.91 bits per heavy atom. The highest BCUT2D eigenvalue weighted by atomic mass is 16.5. The largest absolute Gasteiger partial charge is 0.498 e. The van der Waals surface area contributed by atoms with E-state index in [-0.39, 0.29) is 5.78 Å². The van der Waals surface area contributed by atoms with Crippen molar-refractivity contribution in [3.8, 4) is 0 Å². The third-order valence-corrected chi connectivity index (χ3v) is 1.96. The minimum atomic E-state index is 0.209. The van der Waals surface area contributed by atoms with E-state index in [1.54, 1.807) is 6.08 Å². The van der Waals surface area contributed by atoms with E-state index in [1.807, 2.05) is 6.92 Å². The number of carbonyl (C=O) groups excluding carboxylic acids is 1. The van der Waals surface area contributed by atoms with Crippen LogP contribution in [0.3, 0.4) is 0 Å². The summed E-state index contributed by atoms with van der Waals surface area (Å²) in [5, 5.41) is 0. The molecule has 1 rings (SSSR count). The molecule has 2 nitrogen and oxygen atoms in total. The molecule has 0 saturated heterocycles. The number of hydrogen-bond donors (Lipinski definition) is 0. The van der Waals surface area contributed by atoms with E-state index >= 15 is 0 Å². The van der Waals surface area contributed by atoms with Crippen LogP contribution in [-0.2, 0) is 9.53 Å². The first-order valence-corrected chi connectivity index (χ1v) is 4.15. The molecule has 0 N–H and O–H groups in total. The summed E-state index contributed by atoms with van der Waals surface area (Å²) in [4.78, 5) is 10.9. The molecule has 0 heterocycles. The van der Waals surface area contributed by atoms with E-state index in [0.717, 1.165) is 12.2 Å². The van der Waals surface area contributed by atoms with Crippen LogP contribution in [0, 0.1) is 5.92 Å². The third-order valence-electron chi connectivity index (χ3n) is 1.96. The van der Waals surface area contributed by atoms with Gasteiger partial charge < -0.3 is 4.74 Å². The lowest BCUT2D eigenvalue weighted by molar-refractivity contribution is -0.114. The number of ketones is 1. The Labute approximate surface area is 67.2 Å². The molecular weight excluding hydrogens is 140 g/mol. The molecule has 0 aromatic rings. The van der Waals surface area contributed by atoms with Gasteiger partial charge in [-0.25, -0.2) is 0 Å². The first-order chi connectivity index (χ1) is 5.27. The predicted octanol–water partition coefficient (Wildman–Crippen LogP) is 1.91. The molecular formula is C9H14O2. The van der Waals surface area contributed by atoms with Crippen LogP contribution in [0.2, 0.25) is 0 Å². The molecule has 1 aliphatic rings. The lowest BCUT2D eigenvalue weighted by Crippen LogP contribution is -2.01. The summed E-state index contributed by atoms with van der Waals surface area (Å²) in [6.07, 6.45) is 3.28. The van der Waals surface area contributed by atoms with Crippen molar-refractivity contribution in [2.24, 2.45) is 5.92 Å². The maximum atomic E-state index is 10.9. The molecule has 0 spiro atoms. The van der Waals surface area contributed by atoms with Gasteiger partial charge in [-0.15, -0.1) is 0 Å². The molecule has 0 aliphatic heterocycles. The van der Waals surface area contributed by atoms with E-state index < -0.39 is 0 Å². The lowest BCUT2D eigenvalue weighted by Gasteiger charge is -2.11. The summed E-state index contributed by atoms with van der Waals surface area (Å²) in [6, 6.07) is 0. The molecule has 0 bridgehead atoms. The highest BCUT2D eigenvalue weighted by molar-refractivity contribution is 5.93. The van der Waals surface area contributed by atoms with E-state index in [1.165, 1.54) is 0 Å². The third kappa shape index (κ3) is 1.82. The number of ether oxygens (including phenoxy) is 1. The van der Waals surface area contributed by atoms with Gasteiger partial charge in [0.25, 0.3) is 0 Å². The first-order valence-electron chi connectivity index (χ1n) is 4.15.